The molecule has 1 aromatic rings. The molecular weight excluding hydrogens is 192 g/mol. The van der Waals surface area contributed by atoms with Gasteiger partial charge < -0.3 is 10.6 Å². The number of primary amides is 1. The molecule has 2 rings (SSSR count). The maximum atomic E-state index is 11.2. The van der Waals surface area contributed by atoms with E-state index in [9.17, 15) is 4.79 Å². The molecule has 1 aliphatic rings. The largest absolute Gasteiger partial charge is 0.351 e. The smallest absolute Gasteiger partial charge is 0.315 e. The van der Waals surface area contributed by atoms with E-state index in [1.807, 2.05) is 6.07 Å². The SMILES string of the molecule is NC(=O)N1CCCC[C@@H]1c1ccncn1. The maximum Gasteiger partial charge on any atom is 0.315 e. The molecule has 2 amide bonds. The van der Waals surface area contributed by atoms with Crippen LogP contribution < -0.4 is 5.73 Å². The van der Waals surface area contributed by atoms with Gasteiger partial charge >= 0.3 is 6.03 Å². The zero-order valence-corrected chi connectivity index (χ0v) is 8.47. The number of aromatic nitrogens is 2. The predicted molar refractivity (Wildman–Crippen MR) is 54.9 cm³/mol. The number of hydrogen-bond acceptors (Lipinski definition) is 3. The summed E-state index contributed by atoms with van der Waals surface area (Å²) >= 11 is 0. The Hall–Kier alpha value is -1.65. The maximum absolute atomic E-state index is 11.2. The van der Waals surface area contributed by atoms with Gasteiger partial charge in [-0.05, 0) is 25.3 Å². The van der Waals surface area contributed by atoms with E-state index < -0.39 is 0 Å². The van der Waals surface area contributed by atoms with Gasteiger partial charge in [0.05, 0.1) is 11.7 Å². The van der Waals surface area contributed by atoms with Crippen LogP contribution in [0.25, 0.3) is 0 Å². The van der Waals surface area contributed by atoms with Crippen LogP contribution >= 0.6 is 0 Å². The van der Waals surface area contributed by atoms with Crippen molar-refractivity contribution in [3.05, 3.63) is 24.3 Å². The molecule has 15 heavy (non-hydrogen) atoms. The van der Waals surface area contributed by atoms with E-state index in [0.29, 0.717) is 0 Å². The summed E-state index contributed by atoms with van der Waals surface area (Å²) in [6, 6.07) is 1.50. The molecule has 80 valence electrons. The summed E-state index contributed by atoms with van der Waals surface area (Å²) < 4.78 is 0. The Bertz CT molecular complexity index is 341. The third kappa shape index (κ3) is 2.06. The van der Waals surface area contributed by atoms with Crippen molar-refractivity contribution in [1.29, 1.82) is 0 Å². The highest BCUT2D eigenvalue weighted by molar-refractivity contribution is 5.72. The predicted octanol–water partition coefficient (Wildman–Crippen LogP) is 1.08. The van der Waals surface area contributed by atoms with E-state index in [1.165, 1.54) is 6.33 Å². The molecule has 0 aromatic carbocycles. The van der Waals surface area contributed by atoms with Crippen molar-refractivity contribution in [1.82, 2.24) is 14.9 Å². The molecule has 0 radical (unpaired) electrons. The number of carbonyl (C=O) groups is 1. The van der Waals surface area contributed by atoms with E-state index in [-0.39, 0.29) is 12.1 Å². The van der Waals surface area contributed by atoms with Crippen LogP contribution in [0.5, 0.6) is 0 Å². The minimum atomic E-state index is -0.363. The van der Waals surface area contributed by atoms with Gasteiger partial charge in [0.2, 0.25) is 0 Å². The lowest BCUT2D eigenvalue weighted by Crippen LogP contribution is -2.42. The number of urea groups is 1. The quantitative estimate of drug-likeness (QED) is 0.747. The third-order valence-corrected chi connectivity index (χ3v) is 2.73. The Balaban J connectivity index is 2.22. The lowest BCUT2D eigenvalue weighted by molar-refractivity contribution is 0.158. The van der Waals surface area contributed by atoms with E-state index in [0.717, 1.165) is 31.5 Å². The van der Waals surface area contributed by atoms with Crippen LogP contribution in [0.4, 0.5) is 4.79 Å². The molecule has 2 heterocycles. The second-order valence-electron chi connectivity index (χ2n) is 3.68. The second-order valence-corrected chi connectivity index (χ2v) is 3.68. The normalized spacial score (nSPS) is 21.3. The van der Waals surface area contributed by atoms with Crippen LogP contribution in [0, 0.1) is 0 Å². The van der Waals surface area contributed by atoms with Crippen molar-refractivity contribution < 1.29 is 4.79 Å². The van der Waals surface area contributed by atoms with E-state index >= 15 is 0 Å². The fourth-order valence-corrected chi connectivity index (χ4v) is 2.00. The molecule has 0 aliphatic carbocycles. The molecular formula is C10H14N4O. The van der Waals surface area contributed by atoms with Gasteiger partial charge in [-0.3, -0.25) is 0 Å². The van der Waals surface area contributed by atoms with E-state index in [2.05, 4.69) is 9.97 Å². The molecule has 0 saturated carbocycles. The number of likely N-dealkylation sites (tertiary alicyclic amines) is 1. The monoisotopic (exact) mass is 206 g/mol. The highest BCUT2D eigenvalue weighted by Crippen LogP contribution is 2.28. The first kappa shape index (κ1) is 9.89. The molecule has 0 spiro atoms. The van der Waals surface area contributed by atoms with E-state index in [4.69, 9.17) is 5.73 Å². The number of nitrogens with two attached hydrogens (primary N) is 1. The van der Waals surface area contributed by atoms with Crippen LogP contribution in [0.2, 0.25) is 0 Å². The molecule has 5 heteroatoms. The first-order valence-corrected chi connectivity index (χ1v) is 5.11. The molecule has 1 atom stereocenters. The Morgan fingerprint density at radius 1 is 1.53 bits per heavy atom. The van der Waals surface area contributed by atoms with E-state index in [1.54, 1.807) is 11.1 Å². The van der Waals surface area contributed by atoms with Crippen molar-refractivity contribution in [2.24, 2.45) is 5.73 Å². The third-order valence-electron chi connectivity index (χ3n) is 2.73. The number of nitrogens with zero attached hydrogens (tertiary/aromatic N) is 3. The van der Waals surface area contributed by atoms with Gasteiger partial charge in [-0.2, -0.15) is 0 Å². The minimum absolute atomic E-state index is 0.0271. The standard InChI is InChI=1S/C10H14N4O/c11-10(15)14-6-2-1-3-9(14)8-4-5-12-7-13-8/h4-5,7,9H,1-3,6H2,(H2,11,15)/t9-/m1/s1. The molecule has 0 unspecified atom stereocenters. The van der Waals surface area contributed by atoms with Gasteiger partial charge in [-0.25, -0.2) is 14.8 Å². The molecule has 1 fully saturated rings. The minimum Gasteiger partial charge on any atom is -0.351 e. The van der Waals surface area contributed by atoms with Crippen molar-refractivity contribution in [3.8, 4) is 0 Å². The highest BCUT2D eigenvalue weighted by Gasteiger charge is 2.27. The number of rotatable bonds is 1. The van der Waals surface area contributed by atoms with Crippen LogP contribution in [-0.4, -0.2) is 27.4 Å². The highest BCUT2D eigenvalue weighted by atomic mass is 16.2. The Labute approximate surface area is 88.3 Å². The molecule has 5 nitrogen and oxygen atoms in total. The van der Waals surface area contributed by atoms with Crippen LogP contribution in [0.3, 0.4) is 0 Å². The van der Waals surface area contributed by atoms with Crippen LogP contribution in [0.15, 0.2) is 18.6 Å². The van der Waals surface area contributed by atoms with Crippen molar-refractivity contribution in [2.75, 3.05) is 6.54 Å². The van der Waals surface area contributed by atoms with Gasteiger partial charge in [-0.1, -0.05) is 0 Å². The van der Waals surface area contributed by atoms with Gasteiger partial charge in [0.1, 0.15) is 6.33 Å². The van der Waals surface area contributed by atoms with Crippen molar-refractivity contribution in [2.45, 2.75) is 25.3 Å². The average Bonchev–Trinajstić information content (AvgIpc) is 2.30. The fraction of sp³-hybridized carbons (Fsp3) is 0.500. The summed E-state index contributed by atoms with van der Waals surface area (Å²) in [4.78, 5) is 21.0. The first-order valence-electron chi connectivity index (χ1n) is 5.11. The molecule has 1 aromatic heterocycles. The van der Waals surface area contributed by atoms with Crippen LogP contribution in [-0.2, 0) is 0 Å². The summed E-state index contributed by atoms with van der Waals surface area (Å²) in [6.07, 6.45) is 6.25. The Morgan fingerprint density at radius 3 is 3.07 bits per heavy atom. The lowest BCUT2D eigenvalue weighted by Gasteiger charge is -2.33. The second kappa shape index (κ2) is 4.25. The molecule has 2 N–H and O–H groups in total. The van der Waals surface area contributed by atoms with Crippen molar-refractivity contribution in [3.63, 3.8) is 0 Å². The number of carbonyl (C=O) groups excluding carboxylic acids is 1. The Kier molecular flexibility index (Phi) is 2.80. The molecule has 1 saturated heterocycles. The van der Waals surface area contributed by atoms with Crippen LogP contribution in [0.1, 0.15) is 31.0 Å². The zero-order chi connectivity index (χ0) is 10.7. The van der Waals surface area contributed by atoms with Gasteiger partial charge in [0.15, 0.2) is 0 Å². The van der Waals surface area contributed by atoms with Gasteiger partial charge in [0, 0.05) is 12.7 Å². The number of piperidine rings is 1. The molecule has 0 bridgehead atoms. The summed E-state index contributed by atoms with van der Waals surface area (Å²) in [5.74, 6) is 0. The lowest BCUT2D eigenvalue weighted by atomic mass is 10.00. The van der Waals surface area contributed by atoms with Gasteiger partial charge in [0.25, 0.3) is 0 Å². The summed E-state index contributed by atoms with van der Waals surface area (Å²) in [7, 11) is 0. The fourth-order valence-electron chi connectivity index (χ4n) is 2.00. The number of amides is 2. The summed E-state index contributed by atoms with van der Waals surface area (Å²) in [6.45, 7) is 0.726. The molecule has 1 aliphatic heterocycles. The first-order chi connectivity index (χ1) is 7.29. The number of hydrogen-bond donors (Lipinski definition) is 1. The van der Waals surface area contributed by atoms with Gasteiger partial charge in [-0.15, -0.1) is 0 Å². The zero-order valence-electron chi connectivity index (χ0n) is 8.47. The van der Waals surface area contributed by atoms with Crippen molar-refractivity contribution >= 4 is 6.03 Å². The Morgan fingerprint density at radius 2 is 2.40 bits per heavy atom. The summed E-state index contributed by atoms with van der Waals surface area (Å²) in [5, 5.41) is 0. The topological polar surface area (TPSA) is 72.1 Å². The average molecular weight is 206 g/mol. The summed E-state index contributed by atoms with van der Waals surface area (Å²) in [5.41, 5.74) is 6.22.